The van der Waals surface area contributed by atoms with E-state index in [-0.39, 0.29) is 38.4 Å². The molecule has 1 aliphatic carbocycles. The molecule has 5 aromatic rings. The number of allylic oxidation sites excluding steroid dienone is 4. The van der Waals surface area contributed by atoms with E-state index in [1.54, 1.807) is 38.1 Å². The summed E-state index contributed by atoms with van der Waals surface area (Å²) in [7, 11) is 0. The number of alkyl halides is 6. The van der Waals surface area contributed by atoms with Crippen LogP contribution >= 0.6 is 23.1 Å². The molecule has 0 radical (unpaired) electrons. The molecule has 0 aliphatic heterocycles. The van der Waals surface area contributed by atoms with Crippen molar-refractivity contribution >= 4 is 61.1 Å². The van der Waals surface area contributed by atoms with Crippen LogP contribution in [0.4, 0.5) is 26.3 Å². The lowest BCUT2D eigenvalue weighted by molar-refractivity contribution is -0.254. The van der Waals surface area contributed by atoms with Gasteiger partial charge in [-0.2, -0.15) is 26.3 Å². The number of benzene rings is 2. The van der Waals surface area contributed by atoms with Crippen LogP contribution < -0.4 is 0 Å². The van der Waals surface area contributed by atoms with Crippen LogP contribution in [0.2, 0.25) is 0 Å². The van der Waals surface area contributed by atoms with Crippen molar-refractivity contribution < 1.29 is 35.2 Å². The van der Waals surface area contributed by atoms with E-state index in [9.17, 15) is 0 Å². The fourth-order valence-corrected chi connectivity index (χ4v) is 6.97. The minimum Gasteiger partial charge on any atom is -0.455 e. The molecule has 0 saturated carbocycles. The molecule has 3 heterocycles. The molecular formula is C32H22F6O2S2. The lowest BCUT2D eigenvalue weighted by Gasteiger charge is -2.26. The van der Waals surface area contributed by atoms with Crippen molar-refractivity contribution in [2.75, 3.05) is 5.75 Å². The van der Waals surface area contributed by atoms with Crippen molar-refractivity contribution in [2.45, 2.75) is 31.6 Å². The molecule has 1 aliphatic rings. The van der Waals surface area contributed by atoms with Gasteiger partial charge in [-0.25, -0.2) is 0 Å². The summed E-state index contributed by atoms with van der Waals surface area (Å²) in [6.07, 6.45) is 2.87. The summed E-state index contributed by atoms with van der Waals surface area (Å²) in [6, 6.07) is 15.2. The molecule has 0 amide bonds. The van der Waals surface area contributed by atoms with Crippen LogP contribution in [0, 0.1) is 6.92 Å². The maximum absolute atomic E-state index is 16.2. The third kappa shape index (κ3) is 3.95. The standard InChI is InChI=1S/C32H22F6O2S2/c1-4-10-22(41-5-2)28-24(18-11-6-8-13-20(18)39-28)26-27(31(35,36)32(37,38)30(26,33)34)25-19-12-7-9-14-21(19)40-29(25)23-16-15-17(3)42-23/h4,6-16H,1,5H2,2-3H3. The highest BCUT2D eigenvalue weighted by Crippen LogP contribution is 2.67. The first-order valence-corrected chi connectivity index (χ1v) is 14.7. The van der Waals surface area contributed by atoms with Gasteiger partial charge >= 0.3 is 17.8 Å². The van der Waals surface area contributed by atoms with Gasteiger partial charge in [-0.05, 0) is 43.0 Å². The van der Waals surface area contributed by atoms with Crippen LogP contribution in [0.15, 0.2) is 88.2 Å². The van der Waals surface area contributed by atoms with Gasteiger partial charge in [-0.15, -0.1) is 23.1 Å². The number of thioether (sulfide) groups is 1. The molecule has 42 heavy (non-hydrogen) atoms. The number of aryl methyl sites for hydroxylation is 1. The summed E-state index contributed by atoms with van der Waals surface area (Å²) < 4.78 is 108. The highest BCUT2D eigenvalue weighted by atomic mass is 32.2. The second-order valence-electron chi connectivity index (χ2n) is 9.69. The molecule has 3 aromatic heterocycles. The lowest BCUT2D eigenvalue weighted by atomic mass is 9.91. The van der Waals surface area contributed by atoms with Gasteiger partial charge in [0.1, 0.15) is 16.9 Å². The Morgan fingerprint density at radius 1 is 0.833 bits per heavy atom. The molecule has 0 bridgehead atoms. The monoisotopic (exact) mass is 616 g/mol. The summed E-state index contributed by atoms with van der Waals surface area (Å²) in [5.74, 6) is -16.3. The maximum atomic E-state index is 16.2. The summed E-state index contributed by atoms with van der Waals surface area (Å²) in [5, 5.41) is 0.0135. The van der Waals surface area contributed by atoms with Gasteiger partial charge in [0.25, 0.3) is 0 Å². The van der Waals surface area contributed by atoms with Crippen molar-refractivity contribution in [3.05, 3.63) is 101 Å². The van der Waals surface area contributed by atoms with Crippen molar-refractivity contribution in [2.24, 2.45) is 0 Å². The van der Waals surface area contributed by atoms with Crippen molar-refractivity contribution in [3.8, 4) is 10.6 Å². The SMILES string of the molecule is C=CC=C(SCC)c1oc2ccccc2c1C1=C(c2c(-c3ccc(C)s3)oc3ccccc23)C(F)(F)C(F)(F)C1(F)F. The Morgan fingerprint density at radius 3 is 1.98 bits per heavy atom. The first kappa shape index (κ1) is 28.5. The Morgan fingerprint density at radius 2 is 1.40 bits per heavy atom. The Hall–Kier alpha value is -3.63. The minimum atomic E-state index is -5.76. The van der Waals surface area contributed by atoms with Crippen molar-refractivity contribution in [1.29, 1.82) is 0 Å². The summed E-state index contributed by atoms with van der Waals surface area (Å²) in [6.45, 7) is 7.23. The molecule has 216 valence electrons. The Kier molecular flexibility index (Phi) is 6.77. The number of para-hydroxylation sites is 2. The van der Waals surface area contributed by atoms with Crippen LogP contribution in [0.5, 0.6) is 0 Å². The second-order valence-corrected chi connectivity index (χ2v) is 12.3. The van der Waals surface area contributed by atoms with Crippen LogP contribution in [0.1, 0.15) is 28.7 Å². The predicted molar refractivity (Wildman–Crippen MR) is 158 cm³/mol. The number of thiophene rings is 1. The zero-order valence-electron chi connectivity index (χ0n) is 22.2. The van der Waals surface area contributed by atoms with E-state index >= 15 is 26.3 Å². The average molecular weight is 617 g/mol. The summed E-state index contributed by atoms with van der Waals surface area (Å²) >= 11 is 2.36. The van der Waals surface area contributed by atoms with Crippen LogP contribution in [0.3, 0.4) is 0 Å². The fourth-order valence-electron chi connectivity index (χ4n) is 5.33. The zero-order valence-corrected chi connectivity index (χ0v) is 23.9. The number of rotatable bonds is 7. The molecule has 0 unspecified atom stereocenters. The molecule has 0 spiro atoms. The molecular weight excluding hydrogens is 594 g/mol. The highest BCUT2D eigenvalue weighted by Gasteiger charge is 2.81. The van der Waals surface area contributed by atoms with Crippen LogP contribution in [0.25, 0.3) is 48.6 Å². The molecule has 0 atom stereocenters. The normalized spacial score (nSPS) is 18.0. The number of hydrogen-bond donors (Lipinski definition) is 0. The van der Waals surface area contributed by atoms with E-state index in [2.05, 4.69) is 6.58 Å². The first-order valence-electron chi connectivity index (χ1n) is 12.9. The predicted octanol–water partition coefficient (Wildman–Crippen LogP) is 11.3. The van der Waals surface area contributed by atoms with Gasteiger partial charge in [-0.3, -0.25) is 0 Å². The Labute approximate surface area is 245 Å². The summed E-state index contributed by atoms with van der Waals surface area (Å²) in [4.78, 5) is 1.41. The van der Waals surface area contributed by atoms with Gasteiger partial charge < -0.3 is 8.83 Å². The number of hydrogen-bond acceptors (Lipinski definition) is 4. The first-order chi connectivity index (χ1) is 20.0. The van der Waals surface area contributed by atoms with Crippen molar-refractivity contribution in [3.63, 3.8) is 0 Å². The molecule has 0 saturated heterocycles. The largest absolute Gasteiger partial charge is 0.455 e. The minimum absolute atomic E-state index is 0.00107. The van der Waals surface area contributed by atoms with Gasteiger partial charge in [0, 0.05) is 37.9 Å². The van der Waals surface area contributed by atoms with Crippen LogP contribution in [-0.4, -0.2) is 23.5 Å². The highest BCUT2D eigenvalue weighted by molar-refractivity contribution is 8.08. The van der Waals surface area contributed by atoms with Gasteiger partial charge in [0.05, 0.1) is 9.78 Å². The topological polar surface area (TPSA) is 26.3 Å². The van der Waals surface area contributed by atoms with Crippen molar-refractivity contribution in [1.82, 2.24) is 0 Å². The Bertz CT molecular complexity index is 1920. The van der Waals surface area contributed by atoms with Gasteiger partial charge in [0.2, 0.25) is 0 Å². The average Bonchev–Trinajstić information content (AvgIpc) is 3.67. The summed E-state index contributed by atoms with van der Waals surface area (Å²) in [5.41, 5.74) is -3.82. The van der Waals surface area contributed by atoms with Gasteiger partial charge in [0.15, 0.2) is 5.76 Å². The smallest absolute Gasteiger partial charge is 0.380 e. The second kappa shape index (κ2) is 9.98. The quantitative estimate of drug-likeness (QED) is 0.134. The van der Waals surface area contributed by atoms with E-state index < -0.39 is 40.0 Å². The molecule has 6 rings (SSSR count). The third-order valence-corrected chi connectivity index (χ3v) is 9.04. The van der Waals surface area contributed by atoms with E-state index in [1.165, 1.54) is 71.6 Å². The third-order valence-electron chi connectivity index (χ3n) is 7.11. The van der Waals surface area contributed by atoms with Crippen LogP contribution in [-0.2, 0) is 0 Å². The fraction of sp³-hybridized carbons (Fsp3) is 0.188. The Balaban J connectivity index is 1.84. The maximum Gasteiger partial charge on any atom is 0.380 e. The number of halogens is 6. The van der Waals surface area contributed by atoms with Gasteiger partial charge in [-0.1, -0.05) is 56.0 Å². The van der Waals surface area contributed by atoms with E-state index in [0.717, 1.165) is 4.88 Å². The van der Waals surface area contributed by atoms with E-state index in [4.69, 9.17) is 8.83 Å². The molecule has 2 aromatic carbocycles. The number of fused-ring (bicyclic) bond motifs is 2. The van der Waals surface area contributed by atoms with E-state index in [0.29, 0.717) is 10.6 Å². The molecule has 2 nitrogen and oxygen atoms in total. The molecule has 0 fully saturated rings. The molecule has 0 N–H and O–H groups in total. The zero-order chi connectivity index (χ0) is 30.0. The molecule has 10 heteroatoms. The lowest BCUT2D eigenvalue weighted by Crippen LogP contribution is -2.49. The number of furan rings is 2. The van der Waals surface area contributed by atoms with E-state index in [1.807, 2.05) is 0 Å².